The van der Waals surface area contributed by atoms with Crippen molar-refractivity contribution in [2.24, 2.45) is 0 Å². The largest absolute Gasteiger partial charge is 0.388 e. The molecule has 0 bridgehead atoms. The van der Waals surface area contributed by atoms with Crippen molar-refractivity contribution in [1.82, 2.24) is 15.2 Å². The van der Waals surface area contributed by atoms with Crippen molar-refractivity contribution in [3.63, 3.8) is 0 Å². The Morgan fingerprint density at radius 3 is 2.95 bits per heavy atom. The quantitative estimate of drug-likeness (QED) is 0.772. The van der Waals surface area contributed by atoms with Crippen molar-refractivity contribution in [3.8, 4) is 0 Å². The Morgan fingerprint density at radius 2 is 2.26 bits per heavy atom. The topological polar surface area (TPSA) is 57.6 Å². The Kier molecular flexibility index (Phi) is 5.27. The number of aliphatic hydroxyl groups is 1. The molecule has 2 N–H and O–H groups in total. The SMILES string of the molecule is CC(O)(CNCc1cccnc1)CN1CCOCC1. The Labute approximate surface area is 114 Å². The molecule has 0 saturated carbocycles. The number of β-amino-alcohol motifs (C(OH)–C–C–N with tert-alkyl or cyclic N) is 1. The molecular formula is C14H23N3O2. The maximum Gasteiger partial charge on any atom is 0.0869 e. The van der Waals surface area contributed by atoms with Crippen LogP contribution in [-0.2, 0) is 11.3 Å². The highest BCUT2D eigenvalue weighted by Crippen LogP contribution is 2.08. The molecule has 1 aliphatic rings. The van der Waals surface area contributed by atoms with E-state index in [1.807, 2.05) is 25.3 Å². The Bertz CT molecular complexity index is 364. The molecule has 0 aromatic carbocycles. The molecule has 1 unspecified atom stereocenters. The van der Waals surface area contributed by atoms with Gasteiger partial charge in [0.2, 0.25) is 0 Å². The normalized spacial score (nSPS) is 20.1. The van der Waals surface area contributed by atoms with E-state index in [4.69, 9.17) is 4.74 Å². The van der Waals surface area contributed by atoms with Crippen LogP contribution in [0.3, 0.4) is 0 Å². The predicted molar refractivity (Wildman–Crippen MR) is 73.8 cm³/mol. The van der Waals surface area contributed by atoms with E-state index >= 15 is 0 Å². The molecule has 5 nitrogen and oxygen atoms in total. The zero-order valence-corrected chi connectivity index (χ0v) is 11.5. The van der Waals surface area contributed by atoms with Gasteiger partial charge in [0.15, 0.2) is 0 Å². The average molecular weight is 265 g/mol. The van der Waals surface area contributed by atoms with Gasteiger partial charge in [-0.25, -0.2) is 0 Å². The Morgan fingerprint density at radius 1 is 1.47 bits per heavy atom. The van der Waals surface area contributed by atoms with Crippen molar-refractivity contribution >= 4 is 0 Å². The molecule has 0 amide bonds. The number of hydrogen-bond acceptors (Lipinski definition) is 5. The van der Waals surface area contributed by atoms with Crippen LogP contribution < -0.4 is 5.32 Å². The van der Waals surface area contributed by atoms with Crippen LogP contribution in [0.25, 0.3) is 0 Å². The molecule has 1 aromatic heterocycles. The van der Waals surface area contributed by atoms with Crippen molar-refractivity contribution < 1.29 is 9.84 Å². The summed E-state index contributed by atoms with van der Waals surface area (Å²) >= 11 is 0. The molecule has 1 aromatic rings. The number of nitrogens with one attached hydrogen (secondary N) is 1. The third kappa shape index (κ3) is 5.24. The average Bonchev–Trinajstić information content (AvgIpc) is 2.40. The highest BCUT2D eigenvalue weighted by molar-refractivity contribution is 5.07. The molecule has 0 spiro atoms. The minimum atomic E-state index is -0.723. The minimum absolute atomic E-state index is 0.569. The van der Waals surface area contributed by atoms with E-state index in [-0.39, 0.29) is 0 Å². The molecule has 1 saturated heterocycles. The molecule has 5 heteroatoms. The predicted octanol–water partition coefficient (Wildman–Crippen LogP) is 0.254. The fraction of sp³-hybridized carbons (Fsp3) is 0.643. The molecule has 1 fully saturated rings. The summed E-state index contributed by atoms with van der Waals surface area (Å²) in [6.45, 7) is 7.18. The summed E-state index contributed by atoms with van der Waals surface area (Å²) in [5.41, 5.74) is 0.407. The lowest BCUT2D eigenvalue weighted by molar-refractivity contribution is -0.0219. The highest BCUT2D eigenvalue weighted by Gasteiger charge is 2.24. The molecular weight excluding hydrogens is 242 g/mol. The van der Waals surface area contributed by atoms with E-state index in [2.05, 4.69) is 15.2 Å². The van der Waals surface area contributed by atoms with E-state index in [9.17, 15) is 5.11 Å². The van der Waals surface area contributed by atoms with Gasteiger partial charge < -0.3 is 15.2 Å². The summed E-state index contributed by atoms with van der Waals surface area (Å²) in [7, 11) is 0. The number of hydrogen-bond donors (Lipinski definition) is 2. The lowest BCUT2D eigenvalue weighted by Gasteiger charge is -2.34. The van der Waals surface area contributed by atoms with E-state index in [1.54, 1.807) is 6.20 Å². The minimum Gasteiger partial charge on any atom is -0.388 e. The maximum absolute atomic E-state index is 10.4. The highest BCUT2D eigenvalue weighted by atomic mass is 16.5. The summed E-state index contributed by atoms with van der Waals surface area (Å²) in [6.07, 6.45) is 3.60. The van der Waals surface area contributed by atoms with Gasteiger partial charge in [-0.15, -0.1) is 0 Å². The summed E-state index contributed by atoms with van der Waals surface area (Å²) < 4.78 is 5.31. The van der Waals surface area contributed by atoms with Gasteiger partial charge in [0.25, 0.3) is 0 Å². The zero-order chi connectivity index (χ0) is 13.6. The standard InChI is InChI=1S/C14H23N3O2/c1-14(18,12-17-5-7-19-8-6-17)11-16-10-13-3-2-4-15-9-13/h2-4,9,16,18H,5-8,10-12H2,1H3. The molecule has 2 heterocycles. The fourth-order valence-electron chi connectivity index (χ4n) is 2.28. The van der Waals surface area contributed by atoms with Gasteiger partial charge in [-0.05, 0) is 18.6 Å². The van der Waals surface area contributed by atoms with E-state index < -0.39 is 5.60 Å². The number of morpholine rings is 1. The second kappa shape index (κ2) is 6.96. The molecule has 19 heavy (non-hydrogen) atoms. The van der Waals surface area contributed by atoms with Gasteiger partial charge in [-0.2, -0.15) is 0 Å². The fourth-order valence-corrected chi connectivity index (χ4v) is 2.28. The van der Waals surface area contributed by atoms with Crippen molar-refractivity contribution in [3.05, 3.63) is 30.1 Å². The van der Waals surface area contributed by atoms with Crippen LogP contribution >= 0.6 is 0 Å². The van der Waals surface area contributed by atoms with Gasteiger partial charge in [0.05, 0.1) is 18.8 Å². The molecule has 2 rings (SSSR count). The van der Waals surface area contributed by atoms with Crippen LogP contribution in [0.1, 0.15) is 12.5 Å². The first-order chi connectivity index (χ1) is 9.16. The van der Waals surface area contributed by atoms with Crippen LogP contribution in [-0.4, -0.2) is 60.0 Å². The summed E-state index contributed by atoms with van der Waals surface area (Å²) in [5, 5.41) is 13.7. The van der Waals surface area contributed by atoms with Crippen LogP contribution in [0.2, 0.25) is 0 Å². The summed E-state index contributed by atoms with van der Waals surface area (Å²) in [5.74, 6) is 0. The maximum atomic E-state index is 10.4. The number of pyridine rings is 1. The third-order valence-electron chi connectivity index (χ3n) is 3.23. The number of aromatic nitrogens is 1. The van der Waals surface area contributed by atoms with E-state index in [0.29, 0.717) is 13.1 Å². The molecule has 0 aliphatic carbocycles. The van der Waals surface area contributed by atoms with Gasteiger partial charge in [-0.3, -0.25) is 9.88 Å². The van der Waals surface area contributed by atoms with E-state index in [1.165, 1.54) is 0 Å². The molecule has 106 valence electrons. The Hall–Kier alpha value is -1.01. The lowest BCUT2D eigenvalue weighted by Crippen LogP contribution is -2.50. The van der Waals surface area contributed by atoms with Gasteiger partial charge in [-0.1, -0.05) is 6.07 Å². The van der Waals surface area contributed by atoms with Gasteiger partial charge >= 0.3 is 0 Å². The third-order valence-corrected chi connectivity index (χ3v) is 3.23. The Balaban J connectivity index is 1.71. The first kappa shape index (κ1) is 14.4. The molecule has 1 aliphatic heterocycles. The van der Waals surface area contributed by atoms with Crippen molar-refractivity contribution in [2.75, 3.05) is 39.4 Å². The molecule has 0 radical (unpaired) electrons. The van der Waals surface area contributed by atoms with Crippen molar-refractivity contribution in [2.45, 2.75) is 19.1 Å². The zero-order valence-electron chi connectivity index (χ0n) is 11.5. The van der Waals surface area contributed by atoms with Gasteiger partial charge in [0, 0.05) is 45.1 Å². The lowest BCUT2D eigenvalue weighted by atomic mass is 10.1. The molecule has 1 atom stereocenters. The number of nitrogens with zero attached hydrogens (tertiary/aromatic N) is 2. The van der Waals surface area contributed by atoms with Crippen LogP contribution in [0.5, 0.6) is 0 Å². The monoisotopic (exact) mass is 265 g/mol. The van der Waals surface area contributed by atoms with Crippen LogP contribution in [0.4, 0.5) is 0 Å². The second-order valence-electron chi connectivity index (χ2n) is 5.35. The van der Waals surface area contributed by atoms with Crippen molar-refractivity contribution in [1.29, 1.82) is 0 Å². The first-order valence-electron chi connectivity index (χ1n) is 6.78. The van der Waals surface area contributed by atoms with Crippen LogP contribution in [0, 0.1) is 0 Å². The van der Waals surface area contributed by atoms with E-state index in [0.717, 1.165) is 38.4 Å². The smallest absolute Gasteiger partial charge is 0.0869 e. The summed E-state index contributed by atoms with van der Waals surface area (Å²) in [4.78, 5) is 6.31. The first-order valence-corrected chi connectivity index (χ1v) is 6.78. The second-order valence-corrected chi connectivity index (χ2v) is 5.35. The number of ether oxygens (including phenoxy) is 1. The van der Waals surface area contributed by atoms with Gasteiger partial charge in [0.1, 0.15) is 0 Å². The van der Waals surface area contributed by atoms with Crippen LogP contribution in [0.15, 0.2) is 24.5 Å². The summed E-state index contributed by atoms with van der Waals surface area (Å²) in [6, 6.07) is 3.94. The number of rotatable bonds is 6.